The molecule has 0 bridgehead atoms. The van der Waals surface area contributed by atoms with Crippen molar-refractivity contribution in [3.63, 3.8) is 0 Å². The molecule has 0 aliphatic carbocycles. The van der Waals surface area contributed by atoms with Crippen molar-refractivity contribution < 1.29 is 8.78 Å². The van der Waals surface area contributed by atoms with Crippen molar-refractivity contribution in [3.05, 3.63) is 83.7 Å². The van der Waals surface area contributed by atoms with Gasteiger partial charge in [0, 0.05) is 23.4 Å². The molecule has 106 valence electrons. The highest BCUT2D eigenvalue weighted by Crippen LogP contribution is 2.23. The summed E-state index contributed by atoms with van der Waals surface area (Å²) in [6.45, 7) is 0. The minimum atomic E-state index is -0.692. The SMILES string of the molecule is NC(c1cnn(-c2ccccc2)c1)c1ccc(F)cc1F. The minimum Gasteiger partial charge on any atom is -0.320 e. The van der Waals surface area contributed by atoms with Gasteiger partial charge in [-0.25, -0.2) is 13.5 Å². The van der Waals surface area contributed by atoms with Crippen LogP contribution < -0.4 is 5.73 Å². The molecule has 1 atom stereocenters. The molecule has 1 heterocycles. The van der Waals surface area contributed by atoms with E-state index in [0.717, 1.165) is 11.8 Å². The number of hydrogen-bond acceptors (Lipinski definition) is 2. The van der Waals surface area contributed by atoms with Crippen molar-refractivity contribution in [2.45, 2.75) is 6.04 Å². The third-order valence-electron chi connectivity index (χ3n) is 3.28. The van der Waals surface area contributed by atoms with Crippen molar-refractivity contribution in [3.8, 4) is 5.69 Å². The average molecular weight is 285 g/mol. The molecule has 2 N–H and O–H groups in total. The summed E-state index contributed by atoms with van der Waals surface area (Å²) in [6, 6.07) is 12.2. The van der Waals surface area contributed by atoms with E-state index in [0.29, 0.717) is 5.56 Å². The Balaban J connectivity index is 1.92. The Bertz CT molecular complexity index is 753. The Hall–Kier alpha value is -2.53. The number of benzene rings is 2. The van der Waals surface area contributed by atoms with E-state index in [-0.39, 0.29) is 5.56 Å². The van der Waals surface area contributed by atoms with Crippen LogP contribution in [0.15, 0.2) is 60.9 Å². The molecule has 0 radical (unpaired) electrons. The van der Waals surface area contributed by atoms with Crippen molar-refractivity contribution in [1.29, 1.82) is 0 Å². The summed E-state index contributed by atoms with van der Waals surface area (Å²) >= 11 is 0. The smallest absolute Gasteiger partial charge is 0.131 e. The fourth-order valence-electron chi connectivity index (χ4n) is 2.15. The molecule has 3 aromatic rings. The van der Waals surface area contributed by atoms with E-state index in [1.54, 1.807) is 17.1 Å². The molecule has 1 aromatic heterocycles. The number of halogens is 2. The fraction of sp³-hybridized carbons (Fsp3) is 0.0625. The number of nitrogens with zero attached hydrogens (tertiary/aromatic N) is 2. The van der Waals surface area contributed by atoms with E-state index < -0.39 is 17.7 Å². The maximum atomic E-state index is 13.8. The van der Waals surface area contributed by atoms with Gasteiger partial charge < -0.3 is 5.73 Å². The Morgan fingerprint density at radius 1 is 1.05 bits per heavy atom. The number of aromatic nitrogens is 2. The van der Waals surface area contributed by atoms with Crippen LogP contribution in [0.1, 0.15) is 17.2 Å². The molecule has 0 fully saturated rings. The van der Waals surface area contributed by atoms with Crippen LogP contribution in [-0.4, -0.2) is 9.78 Å². The standard InChI is InChI=1S/C16H13F2N3/c17-12-6-7-14(15(18)8-12)16(19)11-9-20-21(10-11)13-4-2-1-3-5-13/h1-10,16H,19H2. The summed E-state index contributed by atoms with van der Waals surface area (Å²) in [6.07, 6.45) is 3.32. The van der Waals surface area contributed by atoms with Crippen molar-refractivity contribution in [1.82, 2.24) is 9.78 Å². The highest BCUT2D eigenvalue weighted by Gasteiger charge is 2.16. The molecular formula is C16H13F2N3. The van der Waals surface area contributed by atoms with Gasteiger partial charge >= 0.3 is 0 Å². The summed E-state index contributed by atoms with van der Waals surface area (Å²) in [5.41, 5.74) is 7.82. The monoisotopic (exact) mass is 285 g/mol. The van der Waals surface area contributed by atoms with Gasteiger partial charge in [-0.1, -0.05) is 24.3 Å². The summed E-state index contributed by atoms with van der Waals surface area (Å²) in [5.74, 6) is -1.28. The second-order valence-corrected chi connectivity index (χ2v) is 4.70. The van der Waals surface area contributed by atoms with Crippen LogP contribution in [0.3, 0.4) is 0 Å². The molecule has 3 nitrogen and oxygen atoms in total. The van der Waals surface area contributed by atoms with Crippen LogP contribution in [0.4, 0.5) is 8.78 Å². The molecule has 5 heteroatoms. The lowest BCUT2D eigenvalue weighted by atomic mass is 10.0. The molecule has 0 saturated heterocycles. The molecule has 21 heavy (non-hydrogen) atoms. The average Bonchev–Trinajstić information content (AvgIpc) is 2.97. The maximum Gasteiger partial charge on any atom is 0.131 e. The molecule has 3 rings (SSSR count). The zero-order chi connectivity index (χ0) is 14.8. The van der Waals surface area contributed by atoms with Crippen LogP contribution in [0, 0.1) is 11.6 Å². The fourth-order valence-corrected chi connectivity index (χ4v) is 2.15. The Kier molecular flexibility index (Phi) is 3.50. The Morgan fingerprint density at radius 3 is 2.52 bits per heavy atom. The molecule has 0 saturated carbocycles. The van der Waals surface area contributed by atoms with Crippen LogP contribution in [0.2, 0.25) is 0 Å². The van der Waals surface area contributed by atoms with E-state index in [1.165, 1.54) is 12.1 Å². The van der Waals surface area contributed by atoms with E-state index in [4.69, 9.17) is 5.73 Å². The first-order chi connectivity index (χ1) is 10.1. The topological polar surface area (TPSA) is 43.8 Å². The molecule has 0 spiro atoms. The van der Waals surface area contributed by atoms with E-state index in [2.05, 4.69) is 5.10 Å². The molecule has 0 aliphatic rings. The van der Waals surface area contributed by atoms with Gasteiger partial charge in [0.1, 0.15) is 11.6 Å². The Morgan fingerprint density at radius 2 is 1.81 bits per heavy atom. The van der Waals surface area contributed by atoms with Gasteiger partial charge in [-0.3, -0.25) is 0 Å². The number of hydrogen-bond donors (Lipinski definition) is 1. The van der Waals surface area contributed by atoms with Crippen LogP contribution >= 0.6 is 0 Å². The molecule has 0 amide bonds. The molecule has 2 aromatic carbocycles. The number of para-hydroxylation sites is 1. The van der Waals surface area contributed by atoms with Gasteiger partial charge in [0.05, 0.1) is 17.9 Å². The predicted molar refractivity (Wildman–Crippen MR) is 76.0 cm³/mol. The van der Waals surface area contributed by atoms with Gasteiger partial charge in [0.15, 0.2) is 0 Å². The minimum absolute atomic E-state index is 0.240. The molecular weight excluding hydrogens is 272 g/mol. The number of rotatable bonds is 3. The second kappa shape index (κ2) is 5.46. The first kappa shape index (κ1) is 13.5. The third kappa shape index (κ3) is 2.68. The Labute approximate surface area is 120 Å². The lowest BCUT2D eigenvalue weighted by molar-refractivity contribution is 0.566. The summed E-state index contributed by atoms with van der Waals surface area (Å²) in [5, 5.41) is 4.22. The highest BCUT2D eigenvalue weighted by atomic mass is 19.1. The quantitative estimate of drug-likeness (QED) is 0.803. The summed E-state index contributed by atoms with van der Waals surface area (Å²) < 4.78 is 28.4. The van der Waals surface area contributed by atoms with Gasteiger partial charge in [0.25, 0.3) is 0 Å². The lowest BCUT2D eigenvalue weighted by Crippen LogP contribution is -2.13. The third-order valence-corrected chi connectivity index (χ3v) is 3.28. The predicted octanol–water partition coefficient (Wildman–Crippen LogP) is 3.20. The van der Waals surface area contributed by atoms with E-state index >= 15 is 0 Å². The maximum absolute atomic E-state index is 13.8. The second-order valence-electron chi connectivity index (χ2n) is 4.70. The van der Waals surface area contributed by atoms with Crippen molar-refractivity contribution in [2.24, 2.45) is 5.73 Å². The van der Waals surface area contributed by atoms with Crippen molar-refractivity contribution in [2.75, 3.05) is 0 Å². The van der Waals surface area contributed by atoms with E-state index in [9.17, 15) is 8.78 Å². The molecule has 1 unspecified atom stereocenters. The summed E-state index contributed by atoms with van der Waals surface area (Å²) in [4.78, 5) is 0. The van der Waals surface area contributed by atoms with Crippen LogP contribution in [0.5, 0.6) is 0 Å². The van der Waals surface area contributed by atoms with Gasteiger partial charge in [-0.15, -0.1) is 0 Å². The largest absolute Gasteiger partial charge is 0.320 e. The zero-order valence-electron chi connectivity index (χ0n) is 11.1. The first-order valence-corrected chi connectivity index (χ1v) is 6.45. The molecule has 0 aliphatic heterocycles. The normalized spacial score (nSPS) is 12.3. The number of nitrogens with two attached hydrogens (primary N) is 1. The van der Waals surface area contributed by atoms with E-state index in [1.807, 2.05) is 30.3 Å². The summed E-state index contributed by atoms with van der Waals surface area (Å²) in [7, 11) is 0. The first-order valence-electron chi connectivity index (χ1n) is 6.45. The van der Waals surface area contributed by atoms with Crippen LogP contribution in [-0.2, 0) is 0 Å². The lowest BCUT2D eigenvalue weighted by Gasteiger charge is -2.10. The van der Waals surface area contributed by atoms with Gasteiger partial charge in [0.2, 0.25) is 0 Å². The van der Waals surface area contributed by atoms with Gasteiger partial charge in [-0.2, -0.15) is 5.10 Å². The van der Waals surface area contributed by atoms with Gasteiger partial charge in [-0.05, 0) is 18.2 Å². The zero-order valence-corrected chi connectivity index (χ0v) is 11.1. The highest BCUT2D eigenvalue weighted by molar-refractivity contribution is 5.34. The van der Waals surface area contributed by atoms with Crippen LogP contribution in [0.25, 0.3) is 5.69 Å². The van der Waals surface area contributed by atoms with Crippen molar-refractivity contribution >= 4 is 0 Å².